The van der Waals surface area contributed by atoms with Crippen LogP contribution in [0.3, 0.4) is 0 Å². The summed E-state index contributed by atoms with van der Waals surface area (Å²) in [6.45, 7) is 8.50. The minimum atomic E-state index is -4.67. The average Bonchev–Trinajstić information content (AvgIpc) is 2.89. The molecule has 2 aliphatic rings. The number of carbonyl (C=O) groups is 2. The maximum Gasteiger partial charge on any atom is 0.421 e. The lowest BCUT2D eigenvalue weighted by molar-refractivity contribution is -0.137. The monoisotopic (exact) mass is 592 g/mol. The first-order valence-electron chi connectivity index (χ1n) is 13.9. The SMILES string of the molecule is C.CN1CCN(C(=O)c2ccc(Nc3ncc(C(F)(F)F)c(N[C@@H]4CCCC[C@@H]4NC(=O)NC(C)(C)C)n3)cc2)CC1. The number of hydrogen-bond donors (Lipinski definition) is 4. The van der Waals surface area contributed by atoms with Crippen molar-refractivity contribution >= 4 is 29.4 Å². The van der Waals surface area contributed by atoms with E-state index < -0.39 is 23.3 Å². The van der Waals surface area contributed by atoms with Crippen molar-refractivity contribution in [2.24, 2.45) is 0 Å². The number of urea groups is 1. The highest BCUT2D eigenvalue weighted by Gasteiger charge is 2.37. The van der Waals surface area contributed by atoms with Crippen LogP contribution in [-0.2, 0) is 6.18 Å². The second-order valence-electron chi connectivity index (χ2n) is 11.7. The van der Waals surface area contributed by atoms with Gasteiger partial charge in [0.15, 0.2) is 0 Å². The van der Waals surface area contributed by atoms with Gasteiger partial charge < -0.3 is 31.1 Å². The summed E-state index contributed by atoms with van der Waals surface area (Å²) in [6.07, 6.45) is -1.05. The Kier molecular flexibility index (Phi) is 10.6. The summed E-state index contributed by atoms with van der Waals surface area (Å²) in [5.41, 5.74) is -0.377. The quantitative estimate of drug-likeness (QED) is 0.370. The van der Waals surface area contributed by atoms with Crippen molar-refractivity contribution in [3.63, 3.8) is 0 Å². The van der Waals surface area contributed by atoms with Crippen molar-refractivity contribution in [1.82, 2.24) is 30.4 Å². The van der Waals surface area contributed by atoms with Crippen LogP contribution in [0.4, 0.5) is 35.4 Å². The predicted molar refractivity (Wildman–Crippen MR) is 158 cm³/mol. The van der Waals surface area contributed by atoms with E-state index in [2.05, 4.69) is 36.1 Å². The van der Waals surface area contributed by atoms with E-state index in [0.29, 0.717) is 37.2 Å². The van der Waals surface area contributed by atoms with Gasteiger partial charge >= 0.3 is 12.2 Å². The molecule has 42 heavy (non-hydrogen) atoms. The summed E-state index contributed by atoms with van der Waals surface area (Å²) in [6, 6.07) is 5.51. The zero-order valence-corrected chi connectivity index (χ0v) is 23.9. The second kappa shape index (κ2) is 13.6. The normalized spacial score (nSPS) is 19.8. The van der Waals surface area contributed by atoms with E-state index in [1.165, 1.54) is 0 Å². The van der Waals surface area contributed by atoms with Crippen molar-refractivity contribution in [3.05, 3.63) is 41.6 Å². The Morgan fingerprint density at radius 1 is 0.952 bits per heavy atom. The molecule has 2 heterocycles. The molecule has 0 radical (unpaired) electrons. The zero-order valence-electron chi connectivity index (χ0n) is 23.9. The molecule has 0 bridgehead atoms. The maximum atomic E-state index is 13.9. The molecule has 13 heteroatoms. The number of nitrogens with one attached hydrogen (secondary N) is 4. The van der Waals surface area contributed by atoms with E-state index in [1.807, 2.05) is 27.8 Å². The summed E-state index contributed by atoms with van der Waals surface area (Å²) in [4.78, 5) is 37.4. The van der Waals surface area contributed by atoms with Crippen LogP contribution in [-0.4, -0.2) is 82.6 Å². The Balaban J connectivity index is 0.00000484. The Morgan fingerprint density at radius 3 is 2.17 bits per heavy atom. The van der Waals surface area contributed by atoms with Crippen LogP contribution < -0.4 is 21.3 Å². The number of benzene rings is 1. The van der Waals surface area contributed by atoms with Crippen LogP contribution in [0.2, 0.25) is 0 Å². The van der Waals surface area contributed by atoms with Crippen molar-refractivity contribution < 1.29 is 22.8 Å². The molecule has 4 rings (SSSR count). The highest BCUT2D eigenvalue weighted by Crippen LogP contribution is 2.35. The average molecular weight is 593 g/mol. The zero-order chi connectivity index (χ0) is 29.8. The molecular formula is C29H43F3N8O2. The number of rotatable bonds is 6. The molecule has 10 nitrogen and oxygen atoms in total. The van der Waals surface area contributed by atoms with Crippen LogP contribution in [0.1, 0.15) is 69.8 Å². The van der Waals surface area contributed by atoms with Gasteiger partial charge in [0.05, 0.1) is 6.04 Å². The van der Waals surface area contributed by atoms with Gasteiger partial charge in [-0.25, -0.2) is 9.78 Å². The van der Waals surface area contributed by atoms with Crippen molar-refractivity contribution in [3.8, 4) is 0 Å². The van der Waals surface area contributed by atoms with Gasteiger partial charge in [0.1, 0.15) is 11.4 Å². The van der Waals surface area contributed by atoms with Crippen molar-refractivity contribution in [1.29, 1.82) is 0 Å². The molecule has 1 saturated heterocycles. The maximum absolute atomic E-state index is 13.9. The summed E-state index contributed by atoms with van der Waals surface area (Å²) >= 11 is 0. The number of aromatic nitrogens is 2. The van der Waals surface area contributed by atoms with Gasteiger partial charge in [-0.2, -0.15) is 18.2 Å². The van der Waals surface area contributed by atoms with E-state index in [0.717, 1.165) is 32.1 Å². The third-order valence-electron chi connectivity index (χ3n) is 7.17. The van der Waals surface area contributed by atoms with Gasteiger partial charge in [0.25, 0.3) is 5.91 Å². The molecular weight excluding hydrogens is 549 g/mol. The number of halogens is 3. The smallest absolute Gasteiger partial charge is 0.365 e. The lowest BCUT2D eigenvalue weighted by atomic mass is 9.90. The van der Waals surface area contributed by atoms with Gasteiger partial charge in [-0.15, -0.1) is 0 Å². The number of amides is 3. The number of alkyl halides is 3. The van der Waals surface area contributed by atoms with Crippen LogP contribution in [0, 0.1) is 0 Å². The molecule has 2 atom stereocenters. The minimum Gasteiger partial charge on any atom is -0.365 e. The van der Waals surface area contributed by atoms with Gasteiger partial charge in [-0.3, -0.25) is 4.79 Å². The summed E-state index contributed by atoms with van der Waals surface area (Å²) < 4.78 is 41.7. The Labute approximate surface area is 245 Å². The highest BCUT2D eigenvalue weighted by atomic mass is 19.4. The molecule has 4 N–H and O–H groups in total. The Bertz CT molecular complexity index is 1210. The van der Waals surface area contributed by atoms with Crippen LogP contribution in [0.15, 0.2) is 30.5 Å². The standard InChI is InChI=1S/C28H39F3N8O2.CH4/c1-27(2,3)37-26(41)35-22-8-6-5-7-21(22)34-23-20(28(29,30)31)17-32-25(36-23)33-19-11-9-18(10-12-19)24(40)39-15-13-38(4)14-16-39;/h9-12,17,21-22H,5-8,13-16H2,1-4H3,(H2,35,37,41)(H2,32,33,34,36);1H4/t21-,22+;/m1./s1. The minimum absolute atomic E-state index is 0. The number of piperazine rings is 1. The molecule has 1 aromatic carbocycles. The fourth-order valence-corrected chi connectivity index (χ4v) is 4.97. The predicted octanol–water partition coefficient (Wildman–Crippen LogP) is 5.08. The fraction of sp³-hybridized carbons (Fsp3) is 0.586. The molecule has 0 unspecified atom stereocenters. The molecule has 232 valence electrons. The van der Waals surface area contributed by atoms with Gasteiger partial charge in [-0.05, 0) is 64.9 Å². The first kappa shape index (κ1) is 32.9. The first-order chi connectivity index (χ1) is 19.3. The Hall–Kier alpha value is -3.61. The number of anilines is 3. The third-order valence-corrected chi connectivity index (χ3v) is 7.17. The van der Waals surface area contributed by atoms with Crippen molar-refractivity contribution in [2.75, 3.05) is 43.9 Å². The number of hydrogen-bond acceptors (Lipinski definition) is 7. The van der Waals surface area contributed by atoms with E-state index in [-0.39, 0.29) is 37.2 Å². The fourth-order valence-electron chi connectivity index (χ4n) is 4.97. The molecule has 2 aromatic rings. The molecule has 1 aliphatic carbocycles. The molecule has 1 aromatic heterocycles. The lowest BCUT2D eigenvalue weighted by Gasteiger charge is -2.34. The van der Waals surface area contributed by atoms with E-state index >= 15 is 0 Å². The topological polar surface area (TPSA) is 115 Å². The summed E-state index contributed by atoms with van der Waals surface area (Å²) in [5, 5.41) is 11.6. The van der Waals surface area contributed by atoms with Crippen LogP contribution in [0.25, 0.3) is 0 Å². The van der Waals surface area contributed by atoms with Gasteiger partial charge in [0.2, 0.25) is 5.95 Å². The Morgan fingerprint density at radius 2 is 1.57 bits per heavy atom. The third kappa shape index (κ3) is 8.94. The lowest BCUT2D eigenvalue weighted by Crippen LogP contribution is -2.55. The van der Waals surface area contributed by atoms with Crippen LogP contribution >= 0.6 is 0 Å². The number of carbonyl (C=O) groups excluding carboxylic acids is 2. The second-order valence-corrected chi connectivity index (χ2v) is 11.7. The largest absolute Gasteiger partial charge is 0.421 e. The summed E-state index contributed by atoms with van der Waals surface area (Å²) in [5.74, 6) is -0.440. The highest BCUT2D eigenvalue weighted by molar-refractivity contribution is 5.94. The summed E-state index contributed by atoms with van der Waals surface area (Å²) in [7, 11) is 2.02. The van der Waals surface area contributed by atoms with Gasteiger partial charge in [0, 0.05) is 55.2 Å². The van der Waals surface area contributed by atoms with Crippen molar-refractivity contribution in [2.45, 2.75) is 77.7 Å². The molecule has 1 aliphatic heterocycles. The van der Waals surface area contributed by atoms with E-state index in [9.17, 15) is 22.8 Å². The molecule has 0 spiro atoms. The van der Waals surface area contributed by atoms with E-state index in [1.54, 1.807) is 29.2 Å². The first-order valence-corrected chi connectivity index (χ1v) is 13.9. The van der Waals surface area contributed by atoms with Crippen LogP contribution in [0.5, 0.6) is 0 Å². The number of likely N-dealkylation sites (N-methyl/N-ethyl adjacent to an activating group) is 1. The van der Waals surface area contributed by atoms with Gasteiger partial charge in [-0.1, -0.05) is 20.3 Å². The number of nitrogens with zero attached hydrogens (tertiary/aromatic N) is 4. The molecule has 1 saturated carbocycles. The molecule has 3 amide bonds. The van der Waals surface area contributed by atoms with E-state index in [4.69, 9.17) is 0 Å². The molecule has 2 fully saturated rings.